The molecule has 29 heavy (non-hydrogen) atoms. The van der Waals surface area contributed by atoms with Crippen molar-refractivity contribution in [3.05, 3.63) is 53.3 Å². The second-order valence-corrected chi connectivity index (χ2v) is 9.72. The van der Waals surface area contributed by atoms with Gasteiger partial charge in [0.05, 0.1) is 17.0 Å². The normalized spacial score (nSPS) is 19.6. The monoisotopic (exact) mass is 415 g/mol. The molecule has 0 aliphatic carbocycles. The van der Waals surface area contributed by atoms with Crippen molar-refractivity contribution in [3.8, 4) is 0 Å². The Morgan fingerprint density at radius 3 is 2.31 bits per heavy atom. The van der Waals surface area contributed by atoms with Gasteiger partial charge in [0.25, 0.3) is 0 Å². The number of carbonyl (C=O) groups excluding carboxylic acids is 1. The lowest BCUT2D eigenvalue weighted by Gasteiger charge is -2.35. The van der Waals surface area contributed by atoms with Gasteiger partial charge in [0.2, 0.25) is 15.9 Å². The smallest absolute Gasteiger partial charge is 0.243 e. The molecule has 3 aliphatic rings. The number of hydrogen-bond donors (Lipinski definition) is 0. The zero-order chi connectivity index (χ0) is 20.2. The van der Waals surface area contributed by atoms with Crippen molar-refractivity contribution in [1.29, 1.82) is 0 Å². The van der Waals surface area contributed by atoms with E-state index in [-0.39, 0.29) is 23.0 Å². The minimum absolute atomic E-state index is 0.0587. The Morgan fingerprint density at radius 2 is 1.59 bits per heavy atom. The first-order valence-electron chi connectivity index (χ1n) is 9.90. The number of benzene rings is 2. The standard InChI is InChI=1S/C21H22FN3O3S/c22-17-3-5-18(6-4-17)23-8-10-24(11-9-23)29(27,28)19-12-15-2-1-7-25-20(26)14-16(13-19)21(15)25/h3-6,12-13H,1-2,7-11,14H2. The van der Waals surface area contributed by atoms with E-state index < -0.39 is 10.0 Å². The van der Waals surface area contributed by atoms with E-state index in [0.717, 1.165) is 41.9 Å². The fourth-order valence-corrected chi connectivity index (χ4v) is 6.11. The molecule has 3 heterocycles. The zero-order valence-corrected chi connectivity index (χ0v) is 16.8. The number of piperazine rings is 1. The molecule has 0 atom stereocenters. The third-order valence-corrected chi connectivity index (χ3v) is 7.93. The second kappa shape index (κ2) is 6.81. The highest BCUT2D eigenvalue weighted by molar-refractivity contribution is 7.89. The summed E-state index contributed by atoms with van der Waals surface area (Å²) in [6.07, 6.45) is 1.94. The molecule has 0 unspecified atom stereocenters. The summed E-state index contributed by atoms with van der Waals surface area (Å²) < 4.78 is 41.2. The molecule has 0 radical (unpaired) electrons. The van der Waals surface area contributed by atoms with Crippen LogP contribution in [0.2, 0.25) is 0 Å². The first-order chi connectivity index (χ1) is 13.9. The molecule has 0 aromatic heterocycles. The maximum atomic E-state index is 13.3. The number of aryl methyl sites for hydroxylation is 1. The molecule has 8 heteroatoms. The van der Waals surface area contributed by atoms with E-state index in [9.17, 15) is 17.6 Å². The van der Waals surface area contributed by atoms with Crippen LogP contribution in [0.25, 0.3) is 0 Å². The lowest BCUT2D eigenvalue weighted by molar-refractivity contribution is -0.117. The summed E-state index contributed by atoms with van der Waals surface area (Å²) in [5.41, 5.74) is 3.61. The van der Waals surface area contributed by atoms with Crippen molar-refractivity contribution in [1.82, 2.24) is 4.31 Å². The van der Waals surface area contributed by atoms with Crippen molar-refractivity contribution in [3.63, 3.8) is 0 Å². The predicted molar refractivity (Wildman–Crippen MR) is 108 cm³/mol. The van der Waals surface area contributed by atoms with Gasteiger partial charge in [0, 0.05) is 38.4 Å². The minimum atomic E-state index is -3.62. The number of anilines is 2. The highest BCUT2D eigenvalue weighted by atomic mass is 32.2. The molecular formula is C21H22FN3O3S. The molecule has 0 N–H and O–H groups in total. The molecule has 1 amide bonds. The van der Waals surface area contributed by atoms with Crippen LogP contribution in [0.5, 0.6) is 0 Å². The van der Waals surface area contributed by atoms with E-state index in [0.29, 0.717) is 26.2 Å². The van der Waals surface area contributed by atoms with Crippen LogP contribution < -0.4 is 9.80 Å². The SMILES string of the molecule is O=C1Cc2cc(S(=O)(=O)N3CCN(c4ccc(F)cc4)CC3)cc3c2N1CCC3. The second-order valence-electron chi connectivity index (χ2n) is 7.78. The molecule has 1 saturated heterocycles. The summed E-state index contributed by atoms with van der Waals surface area (Å²) in [6.45, 7) is 2.56. The van der Waals surface area contributed by atoms with E-state index in [1.807, 2.05) is 0 Å². The van der Waals surface area contributed by atoms with Gasteiger partial charge >= 0.3 is 0 Å². The van der Waals surface area contributed by atoms with Gasteiger partial charge in [-0.15, -0.1) is 0 Å². The molecule has 2 aromatic rings. The van der Waals surface area contributed by atoms with Crippen molar-refractivity contribution < 1.29 is 17.6 Å². The van der Waals surface area contributed by atoms with Crippen molar-refractivity contribution in [2.24, 2.45) is 0 Å². The minimum Gasteiger partial charge on any atom is -0.369 e. The lowest BCUT2D eigenvalue weighted by Crippen LogP contribution is -2.48. The number of sulfonamides is 1. The average molecular weight is 415 g/mol. The van der Waals surface area contributed by atoms with E-state index in [1.165, 1.54) is 16.4 Å². The van der Waals surface area contributed by atoms with Crippen molar-refractivity contribution >= 4 is 27.3 Å². The van der Waals surface area contributed by atoms with Crippen LogP contribution in [0.15, 0.2) is 41.3 Å². The van der Waals surface area contributed by atoms with E-state index in [1.54, 1.807) is 29.2 Å². The van der Waals surface area contributed by atoms with Gasteiger partial charge in [0.15, 0.2) is 0 Å². The number of hydrogen-bond acceptors (Lipinski definition) is 4. The highest BCUT2D eigenvalue weighted by Gasteiger charge is 2.35. The third kappa shape index (κ3) is 3.11. The fourth-order valence-electron chi connectivity index (χ4n) is 4.58. The first kappa shape index (κ1) is 18.6. The predicted octanol–water partition coefficient (Wildman–Crippen LogP) is 2.17. The molecule has 0 bridgehead atoms. The van der Waals surface area contributed by atoms with E-state index >= 15 is 0 Å². The summed E-state index contributed by atoms with van der Waals surface area (Å²) >= 11 is 0. The summed E-state index contributed by atoms with van der Waals surface area (Å²) in [7, 11) is -3.62. The summed E-state index contributed by atoms with van der Waals surface area (Å²) in [5.74, 6) is -0.226. The molecule has 1 fully saturated rings. The Kier molecular flexibility index (Phi) is 4.36. The molecular weight excluding hydrogens is 393 g/mol. The highest BCUT2D eigenvalue weighted by Crippen LogP contribution is 2.39. The van der Waals surface area contributed by atoms with Crippen LogP contribution in [0, 0.1) is 5.82 Å². The zero-order valence-electron chi connectivity index (χ0n) is 16.0. The molecule has 2 aromatic carbocycles. The quantitative estimate of drug-likeness (QED) is 0.771. The Balaban J connectivity index is 1.38. The topological polar surface area (TPSA) is 60.9 Å². The Hall–Kier alpha value is -2.45. The van der Waals surface area contributed by atoms with E-state index in [4.69, 9.17) is 0 Å². The first-order valence-corrected chi connectivity index (χ1v) is 11.3. The molecule has 5 rings (SSSR count). The van der Waals surface area contributed by atoms with Crippen LogP contribution in [0.3, 0.4) is 0 Å². The maximum absolute atomic E-state index is 13.3. The fraction of sp³-hybridized carbons (Fsp3) is 0.381. The van der Waals surface area contributed by atoms with Crippen molar-refractivity contribution in [2.75, 3.05) is 42.5 Å². The lowest BCUT2D eigenvalue weighted by atomic mass is 10.0. The summed E-state index contributed by atoms with van der Waals surface area (Å²) in [4.78, 5) is 16.4. The van der Waals surface area contributed by atoms with Gasteiger partial charge < -0.3 is 9.80 Å². The summed E-state index contributed by atoms with van der Waals surface area (Å²) in [5, 5.41) is 0. The Morgan fingerprint density at radius 1 is 0.897 bits per heavy atom. The van der Waals surface area contributed by atoms with Gasteiger partial charge in [-0.25, -0.2) is 12.8 Å². The van der Waals surface area contributed by atoms with Crippen molar-refractivity contribution in [2.45, 2.75) is 24.2 Å². The average Bonchev–Trinajstić information content (AvgIpc) is 3.06. The summed E-state index contributed by atoms with van der Waals surface area (Å²) in [6, 6.07) is 9.70. The number of halogens is 1. The molecule has 3 aliphatic heterocycles. The molecule has 0 spiro atoms. The van der Waals surface area contributed by atoms with Crippen LogP contribution >= 0.6 is 0 Å². The van der Waals surface area contributed by atoms with Gasteiger partial charge in [-0.2, -0.15) is 4.31 Å². The third-order valence-electron chi connectivity index (χ3n) is 6.05. The van der Waals surface area contributed by atoms with Gasteiger partial charge in [0.1, 0.15) is 5.82 Å². The van der Waals surface area contributed by atoms with Gasteiger partial charge in [-0.05, 0) is 60.4 Å². The van der Waals surface area contributed by atoms with Gasteiger partial charge in [-0.1, -0.05) is 0 Å². The maximum Gasteiger partial charge on any atom is 0.243 e. The number of rotatable bonds is 3. The van der Waals surface area contributed by atoms with Crippen LogP contribution in [-0.2, 0) is 27.7 Å². The number of carbonyl (C=O) groups is 1. The van der Waals surface area contributed by atoms with Crippen LogP contribution in [-0.4, -0.2) is 51.4 Å². The van der Waals surface area contributed by atoms with E-state index in [2.05, 4.69) is 4.90 Å². The largest absolute Gasteiger partial charge is 0.369 e. The molecule has 6 nitrogen and oxygen atoms in total. The molecule has 0 saturated carbocycles. The molecule has 152 valence electrons. The number of nitrogens with zero attached hydrogens (tertiary/aromatic N) is 3. The Labute approximate surface area is 169 Å². The Bertz CT molecular complexity index is 1080. The van der Waals surface area contributed by atoms with Crippen LogP contribution in [0.1, 0.15) is 17.5 Å². The van der Waals surface area contributed by atoms with Gasteiger partial charge in [-0.3, -0.25) is 4.79 Å². The van der Waals surface area contributed by atoms with Crippen LogP contribution in [0.4, 0.5) is 15.8 Å². The number of amides is 1.